The van der Waals surface area contributed by atoms with Crippen LogP contribution in [-0.2, 0) is 10.3 Å². The molecule has 24 heavy (non-hydrogen) atoms. The van der Waals surface area contributed by atoms with Gasteiger partial charge in [0.05, 0.1) is 12.8 Å². The zero-order valence-electron chi connectivity index (χ0n) is 13.8. The fraction of sp³-hybridized carbons (Fsp3) is 0.667. The van der Waals surface area contributed by atoms with Gasteiger partial charge in [-0.3, -0.25) is 0 Å². The first-order valence-corrected chi connectivity index (χ1v) is 7.67. The molecular formula is C15H24F3N3O3. The summed E-state index contributed by atoms with van der Waals surface area (Å²) in [6, 6.07) is 3.34. The number of aliphatic hydroxyl groups is 1. The number of halogens is 3. The molecule has 0 aliphatic carbocycles. The quantitative estimate of drug-likeness (QED) is 0.360. The molecule has 138 valence electrons. The molecule has 0 aliphatic rings. The number of guanidine groups is 1. The highest BCUT2D eigenvalue weighted by atomic mass is 19.4. The number of hydrogen-bond acceptors (Lipinski definition) is 4. The third-order valence-corrected chi connectivity index (χ3v) is 2.96. The van der Waals surface area contributed by atoms with Gasteiger partial charge in [0.1, 0.15) is 18.0 Å². The van der Waals surface area contributed by atoms with Crippen LogP contribution in [0.3, 0.4) is 0 Å². The Bertz CT molecular complexity index is 488. The van der Waals surface area contributed by atoms with E-state index >= 15 is 0 Å². The molecule has 0 fully saturated rings. The van der Waals surface area contributed by atoms with Crippen LogP contribution in [0.4, 0.5) is 13.2 Å². The van der Waals surface area contributed by atoms with Gasteiger partial charge >= 0.3 is 6.18 Å². The lowest BCUT2D eigenvalue weighted by molar-refractivity contribution is -0.173. The first kappa shape index (κ1) is 20.3. The maximum atomic E-state index is 11.9. The lowest BCUT2D eigenvalue weighted by Crippen LogP contribution is -2.39. The van der Waals surface area contributed by atoms with Crippen LogP contribution >= 0.6 is 0 Å². The molecule has 1 atom stereocenters. The van der Waals surface area contributed by atoms with Gasteiger partial charge in [-0.15, -0.1) is 0 Å². The predicted octanol–water partition coefficient (Wildman–Crippen LogP) is 2.01. The van der Waals surface area contributed by atoms with Gasteiger partial charge in [0.15, 0.2) is 5.96 Å². The van der Waals surface area contributed by atoms with Crippen molar-refractivity contribution in [2.45, 2.75) is 32.0 Å². The molecule has 0 aromatic carbocycles. The highest BCUT2D eigenvalue weighted by molar-refractivity contribution is 5.79. The summed E-state index contributed by atoms with van der Waals surface area (Å²) in [7, 11) is 0. The van der Waals surface area contributed by atoms with Crippen LogP contribution in [0.5, 0.6) is 0 Å². The van der Waals surface area contributed by atoms with Gasteiger partial charge in [0.2, 0.25) is 0 Å². The van der Waals surface area contributed by atoms with Gasteiger partial charge in [-0.1, -0.05) is 0 Å². The van der Waals surface area contributed by atoms with E-state index in [1.54, 1.807) is 19.1 Å². The monoisotopic (exact) mass is 351 g/mol. The number of nitrogens with zero attached hydrogens (tertiary/aromatic N) is 1. The zero-order chi connectivity index (χ0) is 18.1. The maximum absolute atomic E-state index is 11.9. The summed E-state index contributed by atoms with van der Waals surface area (Å²) >= 11 is 0. The largest absolute Gasteiger partial charge is 0.466 e. The third-order valence-electron chi connectivity index (χ3n) is 2.96. The molecule has 0 amide bonds. The maximum Gasteiger partial charge on any atom is 0.411 e. The van der Waals surface area contributed by atoms with Crippen LogP contribution in [0.1, 0.15) is 26.0 Å². The fourth-order valence-corrected chi connectivity index (χ4v) is 1.81. The Kier molecular flexibility index (Phi) is 8.06. The molecule has 0 aliphatic heterocycles. The van der Waals surface area contributed by atoms with Crippen molar-refractivity contribution < 1.29 is 27.4 Å². The minimum atomic E-state index is -4.30. The lowest BCUT2D eigenvalue weighted by Gasteiger charge is -2.19. The van der Waals surface area contributed by atoms with Gasteiger partial charge in [-0.05, 0) is 32.4 Å². The average Bonchev–Trinajstić information content (AvgIpc) is 3.02. The van der Waals surface area contributed by atoms with Gasteiger partial charge < -0.3 is 24.9 Å². The highest BCUT2D eigenvalue weighted by Gasteiger charge is 2.27. The van der Waals surface area contributed by atoms with E-state index in [4.69, 9.17) is 4.42 Å². The molecule has 1 aromatic heterocycles. The minimum Gasteiger partial charge on any atom is -0.466 e. The van der Waals surface area contributed by atoms with Crippen molar-refractivity contribution in [3.8, 4) is 0 Å². The van der Waals surface area contributed by atoms with E-state index in [-0.39, 0.29) is 13.2 Å². The first-order valence-electron chi connectivity index (χ1n) is 7.67. The van der Waals surface area contributed by atoms with Gasteiger partial charge in [0.25, 0.3) is 0 Å². The number of hydrogen-bond donors (Lipinski definition) is 3. The smallest absolute Gasteiger partial charge is 0.411 e. The van der Waals surface area contributed by atoms with E-state index in [0.29, 0.717) is 31.2 Å². The summed E-state index contributed by atoms with van der Waals surface area (Å²) in [5, 5.41) is 16.3. The number of rotatable bonds is 9. The minimum absolute atomic E-state index is 0.00394. The van der Waals surface area contributed by atoms with E-state index in [1.165, 1.54) is 6.26 Å². The predicted molar refractivity (Wildman–Crippen MR) is 83.8 cm³/mol. The van der Waals surface area contributed by atoms with Crippen molar-refractivity contribution in [1.29, 1.82) is 0 Å². The second-order valence-corrected chi connectivity index (χ2v) is 5.39. The van der Waals surface area contributed by atoms with Gasteiger partial charge in [-0.2, -0.15) is 13.2 Å². The molecule has 0 saturated heterocycles. The molecule has 0 bridgehead atoms. The van der Waals surface area contributed by atoms with Crippen LogP contribution in [0.15, 0.2) is 27.8 Å². The first-order chi connectivity index (χ1) is 11.2. The SMILES string of the molecule is CCNC(=NCC(C)(O)c1ccco1)NCCCOCC(F)(F)F. The summed E-state index contributed by atoms with van der Waals surface area (Å²) in [4.78, 5) is 4.26. The molecule has 1 unspecified atom stereocenters. The van der Waals surface area contributed by atoms with Crippen molar-refractivity contribution >= 4 is 5.96 Å². The van der Waals surface area contributed by atoms with Crippen molar-refractivity contribution in [2.75, 3.05) is 32.8 Å². The number of nitrogens with one attached hydrogen (secondary N) is 2. The van der Waals surface area contributed by atoms with Crippen molar-refractivity contribution in [3.63, 3.8) is 0 Å². The van der Waals surface area contributed by atoms with E-state index in [2.05, 4.69) is 20.4 Å². The second-order valence-electron chi connectivity index (χ2n) is 5.39. The van der Waals surface area contributed by atoms with Gasteiger partial charge in [-0.25, -0.2) is 4.99 Å². The number of aliphatic imine (C=N–C) groups is 1. The number of furan rings is 1. The summed E-state index contributed by atoms with van der Waals surface area (Å²) in [5.74, 6) is 0.864. The average molecular weight is 351 g/mol. The van der Waals surface area contributed by atoms with Crippen molar-refractivity contribution in [1.82, 2.24) is 10.6 Å². The van der Waals surface area contributed by atoms with Crippen molar-refractivity contribution in [2.24, 2.45) is 4.99 Å². The topological polar surface area (TPSA) is 79.0 Å². The highest BCUT2D eigenvalue weighted by Crippen LogP contribution is 2.21. The Morgan fingerprint density at radius 2 is 2.12 bits per heavy atom. The molecule has 1 aromatic rings. The molecule has 1 rings (SSSR count). The fourth-order valence-electron chi connectivity index (χ4n) is 1.81. The lowest BCUT2D eigenvalue weighted by atomic mass is 10.0. The van der Waals surface area contributed by atoms with E-state index in [0.717, 1.165) is 0 Å². The van der Waals surface area contributed by atoms with Crippen LogP contribution in [0, 0.1) is 0 Å². The van der Waals surface area contributed by atoms with Gasteiger partial charge in [0, 0.05) is 19.7 Å². The Labute approximate surface area is 139 Å². The molecule has 3 N–H and O–H groups in total. The third kappa shape index (κ3) is 8.21. The van der Waals surface area contributed by atoms with E-state index in [1.807, 2.05) is 6.92 Å². The summed E-state index contributed by atoms with van der Waals surface area (Å²) < 4.78 is 45.5. The molecule has 1 heterocycles. The van der Waals surface area contributed by atoms with Crippen LogP contribution in [0.25, 0.3) is 0 Å². The Balaban J connectivity index is 2.37. The number of ether oxygens (including phenoxy) is 1. The van der Waals surface area contributed by atoms with E-state index < -0.39 is 18.4 Å². The zero-order valence-corrected chi connectivity index (χ0v) is 13.8. The molecular weight excluding hydrogens is 327 g/mol. The van der Waals surface area contributed by atoms with Crippen molar-refractivity contribution in [3.05, 3.63) is 24.2 Å². The molecule has 0 radical (unpaired) electrons. The summed E-state index contributed by atoms with van der Waals surface area (Å²) in [6.45, 7) is 3.30. The standard InChI is InChI=1S/C15H24F3N3O3/c1-3-19-13(20-7-5-8-23-11-15(16,17)18)21-10-14(2,22)12-6-4-9-24-12/h4,6,9,22H,3,5,7-8,10-11H2,1-2H3,(H2,19,20,21). The molecule has 0 spiro atoms. The van der Waals surface area contributed by atoms with Crippen LogP contribution in [0.2, 0.25) is 0 Å². The second kappa shape index (κ2) is 9.53. The van der Waals surface area contributed by atoms with Crippen LogP contribution in [-0.4, -0.2) is 50.1 Å². The summed E-state index contributed by atoms with van der Waals surface area (Å²) in [5.41, 5.74) is -1.25. The Morgan fingerprint density at radius 1 is 1.38 bits per heavy atom. The van der Waals surface area contributed by atoms with Crippen LogP contribution < -0.4 is 10.6 Å². The summed E-state index contributed by atoms with van der Waals surface area (Å²) in [6.07, 6.45) is -2.44. The molecule has 6 nitrogen and oxygen atoms in total. The number of alkyl halides is 3. The normalized spacial score (nSPS) is 15.2. The molecule has 9 heteroatoms. The van der Waals surface area contributed by atoms with E-state index in [9.17, 15) is 18.3 Å². The Hall–Kier alpha value is -1.74. The molecule has 0 saturated carbocycles. The Morgan fingerprint density at radius 3 is 2.71 bits per heavy atom.